The summed E-state index contributed by atoms with van der Waals surface area (Å²) in [4.78, 5) is 24.5. The molecule has 0 aromatic heterocycles. The number of aryl methyl sites for hydroxylation is 2. The molecule has 2 amide bonds. The molecule has 0 heterocycles. The van der Waals surface area contributed by atoms with Gasteiger partial charge in [0.05, 0.1) is 27.5 Å². The fourth-order valence-electron chi connectivity index (χ4n) is 2.97. The monoisotopic (exact) mass is 413 g/mol. The Hall–Kier alpha value is -3.55. The lowest BCUT2D eigenvalue weighted by molar-refractivity contribution is -0.136. The largest absolute Gasteiger partial charge is 0.493 e. The smallest absolute Gasteiger partial charge is 0.329 e. The summed E-state index contributed by atoms with van der Waals surface area (Å²) in [6, 6.07) is 9.13. The minimum absolute atomic E-state index is 0.446. The van der Waals surface area contributed by atoms with E-state index in [0.29, 0.717) is 28.5 Å². The van der Waals surface area contributed by atoms with Crippen molar-refractivity contribution >= 4 is 23.7 Å². The maximum Gasteiger partial charge on any atom is 0.329 e. The average molecular weight is 413 g/mol. The lowest BCUT2D eigenvalue weighted by Crippen LogP contribution is -2.33. The number of nitrogens with zero attached hydrogens (tertiary/aromatic N) is 1. The van der Waals surface area contributed by atoms with Crippen LogP contribution in [0, 0.1) is 0 Å². The zero-order valence-corrected chi connectivity index (χ0v) is 17.9. The van der Waals surface area contributed by atoms with E-state index in [1.807, 2.05) is 32.0 Å². The number of para-hydroxylation sites is 1. The molecular formula is C22H27N3O5. The molecule has 2 aromatic carbocycles. The van der Waals surface area contributed by atoms with Gasteiger partial charge in [-0.2, -0.15) is 5.10 Å². The lowest BCUT2D eigenvalue weighted by Gasteiger charge is -2.13. The Morgan fingerprint density at radius 1 is 0.933 bits per heavy atom. The van der Waals surface area contributed by atoms with E-state index in [0.717, 1.165) is 24.0 Å². The number of amides is 2. The van der Waals surface area contributed by atoms with Crippen molar-refractivity contribution in [3.63, 3.8) is 0 Å². The van der Waals surface area contributed by atoms with Gasteiger partial charge in [-0.25, -0.2) is 5.43 Å². The van der Waals surface area contributed by atoms with Gasteiger partial charge in [-0.3, -0.25) is 9.59 Å². The Morgan fingerprint density at radius 3 is 1.97 bits per heavy atom. The van der Waals surface area contributed by atoms with Crippen LogP contribution in [0.25, 0.3) is 0 Å². The molecule has 2 rings (SSSR count). The van der Waals surface area contributed by atoms with E-state index in [1.54, 1.807) is 12.1 Å². The molecule has 160 valence electrons. The number of carbonyl (C=O) groups excluding carboxylic acids is 2. The molecule has 0 aliphatic carbocycles. The van der Waals surface area contributed by atoms with Gasteiger partial charge in [-0.15, -0.1) is 0 Å². The number of methoxy groups -OCH3 is 3. The van der Waals surface area contributed by atoms with Crippen molar-refractivity contribution in [3.05, 3.63) is 47.0 Å². The standard InChI is InChI=1S/C22H27N3O5/c1-6-15-9-8-10-16(7-2)19(15)24-21(26)22(27)25-23-13-14-11-17(28-3)20(30-5)18(12-14)29-4/h8-13H,6-7H2,1-5H3,(H,24,26)(H,25,27)/b23-13+. The number of carbonyl (C=O) groups is 2. The Labute approximate surface area is 176 Å². The summed E-state index contributed by atoms with van der Waals surface area (Å²) < 4.78 is 15.8. The molecule has 0 saturated heterocycles. The highest BCUT2D eigenvalue weighted by Gasteiger charge is 2.17. The van der Waals surface area contributed by atoms with Crippen molar-refractivity contribution in [1.29, 1.82) is 0 Å². The van der Waals surface area contributed by atoms with Crippen LogP contribution in [0.15, 0.2) is 35.4 Å². The second-order valence-electron chi connectivity index (χ2n) is 6.27. The fourth-order valence-corrected chi connectivity index (χ4v) is 2.97. The predicted molar refractivity (Wildman–Crippen MR) is 116 cm³/mol. The average Bonchev–Trinajstić information content (AvgIpc) is 2.78. The molecule has 30 heavy (non-hydrogen) atoms. The van der Waals surface area contributed by atoms with Gasteiger partial charge in [0.2, 0.25) is 5.75 Å². The van der Waals surface area contributed by atoms with Crippen LogP contribution >= 0.6 is 0 Å². The molecule has 0 bridgehead atoms. The van der Waals surface area contributed by atoms with Crippen molar-refractivity contribution in [3.8, 4) is 17.2 Å². The molecule has 8 nitrogen and oxygen atoms in total. The quantitative estimate of drug-likeness (QED) is 0.394. The molecule has 0 radical (unpaired) electrons. The first-order valence-electron chi connectivity index (χ1n) is 9.54. The SMILES string of the molecule is CCc1cccc(CC)c1NC(=O)C(=O)N/N=C/c1cc(OC)c(OC)c(OC)c1. The minimum atomic E-state index is -0.869. The molecular weight excluding hydrogens is 386 g/mol. The number of nitrogens with one attached hydrogen (secondary N) is 2. The van der Waals surface area contributed by atoms with E-state index < -0.39 is 11.8 Å². The Bertz CT molecular complexity index is 893. The molecule has 0 aliphatic heterocycles. The van der Waals surface area contributed by atoms with Crippen molar-refractivity contribution in [2.45, 2.75) is 26.7 Å². The Balaban J connectivity index is 2.11. The van der Waals surface area contributed by atoms with Crippen LogP contribution in [0.5, 0.6) is 17.2 Å². The van der Waals surface area contributed by atoms with Gasteiger partial charge in [-0.1, -0.05) is 32.0 Å². The molecule has 2 N–H and O–H groups in total. The molecule has 2 aromatic rings. The van der Waals surface area contributed by atoms with Crippen molar-refractivity contribution in [2.24, 2.45) is 5.10 Å². The highest BCUT2D eigenvalue weighted by atomic mass is 16.5. The summed E-state index contributed by atoms with van der Waals surface area (Å²) in [6.07, 6.45) is 2.86. The number of rotatable bonds is 8. The van der Waals surface area contributed by atoms with Gasteiger partial charge < -0.3 is 19.5 Å². The number of hydrazone groups is 1. The zero-order valence-electron chi connectivity index (χ0n) is 17.9. The second kappa shape index (κ2) is 10.8. The van der Waals surface area contributed by atoms with E-state index in [9.17, 15) is 9.59 Å². The topological polar surface area (TPSA) is 98.3 Å². The van der Waals surface area contributed by atoms with E-state index in [4.69, 9.17) is 14.2 Å². The van der Waals surface area contributed by atoms with Gasteiger partial charge in [0.15, 0.2) is 11.5 Å². The molecule has 0 spiro atoms. The first kappa shape index (κ1) is 22.7. The molecule has 0 unspecified atom stereocenters. The summed E-state index contributed by atoms with van der Waals surface area (Å²) in [5, 5.41) is 6.56. The number of hydrogen-bond acceptors (Lipinski definition) is 6. The lowest BCUT2D eigenvalue weighted by atomic mass is 10.0. The van der Waals surface area contributed by atoms with Crippen LogP contribution < -0.4 is 25.0 Å². The number of anilines is 1. The zero-order chi connectivity index (χ0) is 22.1. The summed E-state index contributed by atoms with van der Waals surface area (Å²) in [5.74, 6) is -0.308. The van der Waals surface area contributed by atoms with Gasteiger partial charge in [0.1, 0.15) is 0 Å². The maximum absolute atomic E-state index is 12.3. The predicted octanol–water partition coefficient (Wildman–Crippen LogP) is 2.93. The second-order valence-corrected chi connectivity index (χ2v) is 6.27. The number of hydrogen-bond donors (Lipinski definition) is 2. The third-order valence-electron chi connectivity index (χ3n) is 4.51. The molecule has 0 aliphatic rings. The summed E-state index contributed by atoms with van der Waals surface area (Å²) >= 11 is 0. The van der Waals surface area contributed by atoms with Crippen molar-refractivity contribution in [1.82, 2.24) is 5.43 Å². The summed E-state index contributed by atoms with van der Waals surface area (Å²) in [6.45, 7) is 3.98. The third-order valence-corrected chi connectivity index (χ3v) is 4.51. The molecule has 0 saturated carbocycles. The third kappa shape index (κ3) is 5.28. The van der Waals surface area contributed by atoms with Gasteiger partial charge in [-0.05, 0) is 36.1 Å². The van der Waals surface area contributed by atoms with E-state index in [2.05, 4.69) is 15.8 Å². The Kier molecular flexibility index (Phi) is 8.22. The number of ether oxygens (including phenoxy) is 3. The van der Waals surface area contributed by atoms with Crippen LogP contribution in [0.1, 0.15) is 30.5 Å². The van der Waals surface area contributed by atoms with E-state index in [-0.39, 0.29) is 0 Å². The number of benzene rings is 2. The highest BCUT2D eigenvalue weighted by molar-refractivity contribution is 6.39. The van der Waals surface area contributed by atoms with Crippen LogP contribution in [0.2, 0.25) is 0 Å². The van der Waals surface area contributed by atoms with E-state index >= 15 is 0 Å². The fraction of sp³-hybridized carbons (Fsp3) is 0.318. The highest BCUT2D eigenvalue weighted by Crippen LogP contribution is 2.37. The molecule has 8 heteroatoms. The van der Waals surface area contributed by atoms with E-state index in [1.165, 1.54) is 27.5 Å². The van der Waals surface area contributed by atoms with Crippen LogP contribution in [-0.4, -0.2) is 39.4 Å². The van der Waals surface area contributed by atoms with Crippen LogP contribution in [0.4, 0.5) is 5.69 Å². The van der Waals surface area contributed by atoms with Crippen molar-refractivity contribution in [2.75, 3.05) is 26.6 Å². The first-order chi connectivity index (χ1) is 14.5. The normalized spacial score (nSPS) is 10.6. The molecule has 0 atom stereocenters. The van der Waals surface area contributed by atoms with Crippen LogP contribution in [0.3, 0.4) is 0 Å². The van der Waals surface area contributed by atoms with Gasteiger partial charge in [0.25, 0.3) is 0 Å². The van der Waals surface area contributed by atoms with Gasteiger partial charge in [0, 0.05) is 11.3 Å². The summed E-state index contributed by atoms with van der Waals surface area (Å²) in [5.41, 5.74) is 5.44. The summed E-state index contributed by atoms with van der Waals surface area (Å²) in [7, 11) is 4.51. The van der Waals surface area contributed by atoms with Gasteiger partial charge >= 0.3 is 11.8 Å². The van der Waals surface area contributed by atoms with Crippen LogP contribution in [-0.2, 0) is 22.4 Å². The molecule has 0 fully saturated rings. The minimum Gasteiger partial charge on any atom is -0.493 e. The van der Waals surface area contributed by atoms with Crippen molar-refractivity contribution < 1.29 is 23.8 Å². The first-order valence-corrected chi connectivity index (χ1v) is 9.54. The Morgan fingerprint density at radius 2 is 1.50 bits per heavy atom. The maximum atomic E-state index is 12.3.